The monoisotopic (exact) mass is 411 g/mol. The summed E-state index contributed by atoms with van der Waals surface area (Å²) >= 11 is 3.63. The van der Waals surface area contributed by atoms with Gasteiger partial charge in [-0.15, -0.1) is 11.3 Å². The zero-order valence-corrected chi connectivity index (χ0v) is 13.9. The average molecular weight is 411 g/mol. The van der Waals surface area contributed by atoms with Gasteiger partial charge in [-0.2, -0.15) is 0 Å². The van der Waals surface area contributed by atoms with Crippen LogP contribution in [-0.4, -0.2) is 16.0 Å². The molecule has 0 atom stereocenters. The highest BCUT2D eigenvalue weighted by Crippen LogP contribution is 2.25. The van der Waals surface area contributed by atoms with Gasteiger partial charge in [-0.05, 0) is 41.6 Å². The zero-order chi connectivity index (χ0) is 14.8. The molecule has 0 aliphatic rings. The summed E-state index contributed by atoms with van der Waals surface area (Å²) < 4.78 is 6.08. The van der Waals surface area contributed by atoms with Crippen LogP contribution in [0.4, 0.5) is 5.13 Å². The van der Waals surface area contributed by atoms with Crippen LogP contribution in [0, 0.1) is 10.5 Å². The number of halogens is 1. The Balaban J connectivity index is 1.76. The molecule has 2 aromatic heterocycles. The molecule has 0 spiro atoms. The Morgan fingerprint density at radius 2 is 2.10 bits per heavy atom. The predicted molar refractivity (Wildman–Crippen MR) is 89.5 cm³/mol. The zero-order valence-electron chi connectivity index (χ0n) is 11.0. The van der Waals surface area contributed by atoms with Crippen LogP contribution in [0.5, 0.6) is 0 Å². The van der Waals surface area contributed by atoms with Crippen molar-refractivity contribution < 1.29 is 9.32 Å². The van der Waals surface area contributed by atoms with E-state index in [2.05, 4.69) is 38.0 Å². The van der Waals surface area contributed by atoms with Gasteiger partial charge in [-0.3, -0.25) is 10.1 Å². The van der Waals surface area contributed by atoms with Gasteiger partial charge in [0.05, 0.1) is 11.4 Å². The van der Waals surface area contributed by atoms with Gasteiger partial charge in [0.2, 0.25) is 5.76 Å². The van der Waals surface area contributed by atoms with Crippen molar-refractivity contribution in [3.63, 3.8) is 0 Å². The first-order valence-electron chi connectivity index (χ1n) is 6.08. The molecule has 1 amide bonds. The molecule has 0 unspecified atom stereocenters. The first kappa shape index (κ1) is 14.2. The maximum absolute atomic E-state index is 11.9. The van der Waals surface area contributed by atoms with Crippen molar-refractivity contribution in [1.29, 1.82) is 0 Å². The van der Waals surface area contributed by atoms with E-state index in [-0.39, 0.29) is 11.7 Å². The normalized spacial score (nSPS) is 10.6. The summed E-state index contributed by atoms with van der Waals surface area (Å²) in [4.78, 5) is 16.3. The summed E-state index contributed by atoms with van der Waals surface area (Å²) in [6, 6.07) is 9.63. The van der Waals surface area contributed by atoms with E-state index in [0.29, 0.717) is 10.8 Å². The topological polar surface area (TPSA) is 68.0 Å². The van der Waals surface area contributed by atoms with Gasteiger partial charge in [0.1, 0.15) is 0 Å². The van der Waals surface area contributed by atoms with Gasteiger partial charge in [0.15, 0.2) is 5.13 Å². The largest absolute Gasteiger partial charge is 0.351 e. The first-order valence-corrected chi connectivity index (χ1v) is 8.04. The molecule has 2 heterocycles. The fourth-order valence-electron chi connectivity index (χ4n) is 1.71. The van der Waals surface area contributed by atoms with Gasteiger partial charge >= 0.3 is 0 Å². The van der Waals surface area contributed by atoms with E-state index in [0.717, 1.165) is 11.3 Å². The Bertz CT molecular complexity index is 780. The fraction of sp³-hybridized carbons (Fsp3) is 0.0714. The number of carbonyl (C=O) groups is 1. The van der Waals surface area contributed by atoms with Gasteiger partial charge in [-0.1, -0.05) is 17.3 Å². The van der Waals surface area contributed by atoms with Crippen LogP contribution >= 0.6 is 33.9 Å². The van der Waals surface area contributed by atoms with Crippen LogP contribution in [0.1, 0.15) is 16.2 Å². The van der Waals surface area contributed by atoms with E-state index in [1.807, 2.05) is 29.6 Å². The Hall–Kier alpha value is -1.74. The number of benzene rings is 1. The summed E-state index contributed by atoms with van der Waals surface area (Å²) in [5, 5.41) is 8.83. The number of amides is 1. The third-order valence-corrected chi connectivity index (χ3v) is 4.19. The first-order chi connectivity index (χ1) is 10.1. The number of hydrogen-bond donors (Lipinski definition) is 1. The molecule has 106 valence electrons. The second-order valence-corrected chi connectivity index (χ2v) is 6.44. The van der Waals surface area contributed by atoms with E-state index in [1.165, 1.54) is 14.9 Å². The molecule has 0 radical (unpaired) electrons. The number of carbonyl (C=O) groups excluding carboxylic acids is 1. The summed E-state index contributed by atoms with van der Waals surface area (Å²) in [5.74, 6) is -0.169. The van der Waals surface area contributed by atoms with Gasteiger partial charge in [0, 0.05) is 20.6 Å². The molecule has 0 bridgehead atoms. The van der Waals surface area contributed by atoms with Gasteiger partial charge in [0.25, 0.3) is 5.91 Å². The fourth-order valence-corrected chi connectivity index (χ4v) is 2.79. The van der Waals surface area contributed by atoms with Crippen LogP contribution in [-0.2, 0) is 0 Å². The van der Waals surface area contributed by atoms with E-state index < -0.39 is 0 Å². The summed E-state index contributed by atoms with van der Waals surface area (Å²) in [5.41, 5.74) is 2.52. The third-order valence-electron chi connectivity index (χ3n) is 2.72. The lowest BCUT2D eigenvalue weighted by atomic mass is 10.2. The lowest BCUT2D eigenvalue weighted by Gasteiger charge is -1.98. The minimum atomic E-state index is -0.348. The van der Waals surface area contributed by atoms with Crippen LogP contribution in [0.15, 0.2) is 40.2 Å². The van der Waals surface area contributed by atoms with Crippen molar-refractivity contribution in [3.8, 4) is 11.3 Å². The van der Waals surface area contributed by atoms with Crippen LogP contribution in [0.3, 0.4) is 0 Å². The number of rotatable bonds is 3. The number of aromatic nitrogens is 2. The molecule has 3 rings (SSSR count). The molecule has 0 saturated heterocycles. The maximum Gasteiger partial charge on any atom is 0.296 e. The molecule has 0 aliphatic heterocycles. The molecule has 0 fully saturated rings. The highest BCUT2D eigenvalue weighted by atomic mass is 127. The molecule has 0 aliphatic carbocycles. The van der Waals surface area contributed by atoms with Crippen molar-refractivity contribution in [2.24, 2.45) is 0 Å². The third kappa shape index (κ3) is 3.30. The molecule has 5 nitrogen and oxygen atoms in total. The lowest BCUT2D eigenvalue weighted by Crippen LogP contribution is -2.10. The Kier molecular flexibility index (Phi) is 4.02. The number of anilines is 1. The highest BCUT2D eigenvalue weighted by molar-refractivity contribution is 14.1. The lowest BCUT2D eigenvalue weighted by molar-refractivity contribution is 0.0988. The van der Waals surface area contributed by atoms with Gasteiger partial charge in [-0.25, -0.2) is 4.98 Å². The van der Waals surface area contributed by atoms with Crippen molar-refractivity contribution in [2.75, 3.05) is 5.32 Å². The highest BCUT2D eigenvalue weighted by Gasteiger charge is 2.14. The molecule has 21 heavy (non-hydrogen) atoms. The molecular formula is C14H10IN3O2S. The predicted octanol–water partition coefficient (Wildman–Crippen LogP) is 3.96. The SMILES string of the molecule is Cc1cc(C(=O)Nc2nc(-c3ccc(I)cc3)cs2)on1. The standard InChI is InChI=1S/C14H10IN3O2S/c1-8-6-12(20-18-8)13(19)17-14-16-11(7-21-14)9-2-4-10(15)5-3-9/h2-7H,1H3,(H,16,17,19). The van der Waals surface area contributed by atoms with E-state index in [4.69, 9.17) is 4.52 Å². The Morgan fingerprint density at radius 3 is 2.76 bits per heavy atom. The van der Waals surface area contributed by atoms with Gasteiger partial charge < -0.3 is 4.52 Å². The molecule has 7 heteroatoms. The van der Waals surface area contributed by atoms with Crippen molar-refractivity contribution in [3.05, 3.63) is 50.7 Å². The number of nitrogens with zero attached hydrogens (tertiary/aromatic N) is 2. The van der Waals surface area contributed by atoms with Crippen LogP contribution < -0.4 is 5.32 Å². The second kappa shape index (κ2) is 5.94. The smallest absolute Gasteiger partial charge is 0.296 e. The summed E-state index contributed by atoms with van der Waals surface area (Å²) in [7, 11) is 0. The number of nitrogens with one attached hydrogen (secondary N) is 1. The molecule has 3 aromatic rings. The van der Waals surface area contributed by atoms with E-state index in [9.17, 15) is 4.79 Å². The molecular weight excluding hydrogens is 401 g/mol. The Morgan fingerprint density at radius 1 is 1.33 bits per heavy atom. The van der Waals surface area contributed by atoms with Crippen LogP contribution in [0.25, 0.3) is 11.3 Å². The molecule has 1 N–H and O–H groups in total. The van der Waals surface area contributed by atoms with Crippen molar-refractivity contribution >= 4 is 45.0 Å². The van der Waals surface area contributed by atoms with Crippen LogP contribution in [0.2, 0.25) is 0 Å². The maximum atomic E-state index is 11.9. The second-order valence-electron chi connectivity index (χ2n) is 4.33. The minimum Gasteiger partial charge on any atom is -0.351 e. The minimum absolute atomic E-state index is 0.179. The number of aryl methyl sites for hydroxylation is 1. The number of hydrogen-bond acceptors (Lipinski definition) is 5. The summed E-state index contributed by atoms with van der Waals surface area (Å²) in [6.45, 7) is 1.76. The molecule has 1 aromatic carbocycles. The van der Waals surface area contributed by atoms with Crippen molar-refractivity contribution in [1.82, 2.24) is 10.1 Å². The number of thiazole rings is 1. The van der Waals surface area contributed by atoms with Crippen molar-refractivity contribution in [2.45, 2.75) is 6.92 Å². The quantitative estimate of drug-likeness (QED) is 0.663. The van der Waals surface area contributed by atoms with E-state index >= 15 is 0 Å². The summed E-state index contributed by atoms with van der Waals surface area (Å²) in [6.07, 6.45) is 0. The molecule has 0 saturated carbocycles. The average Bonchev–Trinajstić information content (AvgIpc) is 3.09. The van der Waals surface area contributed by atoms with E-state index in [1.54, 1.807) is 13.0 Å². The Labute approximate surface area is 138 Å².